The van der Waals surface area contributed by atoms with Crippen molar-refractivity contribution in [1.29, 1.82) is 0 Å². The SMILES string of the molecule is CCc1ncn2c1CCC(C(=O)O)C2. The molecule has 0 bridgehead atoms. The summed E-state index contributed by atoms with van der Waals surface area (Å²) >= 11 is 0. The quantitative estimate of drug-likeness (QED) is 0.766. The van der Waals surface area contributed by atoms with E-state index in [1.807, 2.05) is 4.57 Å². The lowest BCUT2D eigenvalue weighted by Crippen LogP contribution is -2.26. The van der Waals surface area contributed by atoms with Crippen molar-refractivity contribution < 1.29 is 9.90 Å². The van der Waals surface area contributed by atoms with Gasteiger partial charge in [-0.25, -0.2) is 4.98 Å². The van der Waals surface area contributed by atoms with E-state index in [-0.39, 0.29) is 5.92 Å². The Morgan fingerprint density at radius 2 is 2.57 bits per heavy atom. The standard InChI is InChI=1S/C10H14N2O2/c1-2-8-9-4-3-7(10(13)14)5-12(9)6-11-8/h6-7H,2-5H2,1H3,(H,13,14). The van der Waals surface area contributed by atoms with Gasteiger partial charge >= 0.3 is 5.97 Å². The minimum atomic E-state index is -0.692. The lowest BCUT2D eigenvalue weighted by Gasteiger charge is -2.21. The lowest BCUT2D eigenvalue weighted by atomic mass is 9.97. The van der Waals surface area contributed by atoms with E-state index >= 15 is 0 Å². The van der Waals surface area contributed by atoms with Gasteiger partial charge in [-0.2, -0.15) is 0 Å². The Labute approximate surface area is 82.6 Å². The highest BCUT2D eigenvalue weighted by Crippen LogP contribution is 2.22. The molecule has 1 N–H and O–H groups in total. The van der Waals surface area contributed by atoms with Crippen molar-refractivity contribution >= 4 is 5.97 Å². The number of carbonyl (C=O) groups is 1. The highest BCUT2D eigenvalue weighted by molar-refractivity contribution is 5.70. The number of aromatic nitrogens is 2. The van der Waals surface area contributed by atoms with Crippen LogP contribution >= 0.6 is 0 Å². The number of carboxylic acid groups (broad SMARTS) is 1. The molecule has 1 atom stereocenters. The summed E-state index contributed by atoms with van der Waals surface area (Å²) in [5, 5.41) is 8.89. The molecular weight excluding hydrogens is 180 g/mol. The second-order valence-corrected chi connectivity index (χ2v) is 3.72. The molecular formula is C10H14N2O2. The Balaban J connectivity index is 2.24. The second-order valence-electron chi connectivity index (χ2n) is 3.72. The van der Waals surface area contributed by atoms with E-state index < -0.39 is 5.97 Å². The van der Waals surface area contributed by atoms with E-state index in [2.05, 4.69) is 11.9 Å². The fraction of sp³-hybridized carbons (Fsp3) is 0.600. The van der Waals surface area contributed by atoms with Crippen LogP contribution in [0.15, 0.2) is 6.33 Å². The third-order valence-corrected chi connectivity index (χ3v) is 2.86. The zero-order chi connectivity index (χ0) is 10.1. The van der Waals surface area contributed by atoms with Crippen LogP contribution in [-0.4, -0.2) is 20.6 Å². The first-order valence-corrected chi connectivity index (χ1v) is 4.98. The largest absolute Gasteiger partial charge is 0.481 e. The van der Waals surface area contributed by atoms with Crippen LogP contribution in [0.5, 0.6) is 0 Å². The number of aryl methyl sites for hydroxylation is 1. The molecule has 1 aliphatic heterocycles. The van der Waals surface area contributed by atoms with Gasteiger partial charge in [-0.15, -0.1) is 0 Å². The van der Waals surface area contributed by atoms with Crippen LogP contribution in [0.2, 0.25) is 0 Å². The van der Waals surface area contributed by atoms with Gasteiger partial charge in [0, 0.05) is 12.2 Å². The van der Waals surface area contributed by atoms with Crippen molar-refractivity contribution in [2.24, 2.45) is 5.92 Å². The number of hydrogen-bond acceptors (Lipinski definition) is 2. The highest BCUT2D eigenvalue weighted by Gasteiger charge is 2.25. The van der Waals surface area contributed by atoms with Crippen molar-refractivity contribution in [2.75, 3.05) is 0 Å². The summed E-state index contributed by atoms with van der Waals surface area (Å²) in [6.07, 6.45) is 4.29. The van der Waals surface area contributed by atoms with Gasteiger partial charge in [0.1, 0.15) is 0 Å². The molecule has 2 rings (SSSR count). The number of carboxylic acids is 1. The average Bonchev–Trinajstić information content (AvgIpc) is 2.59. The topological polar surface area (TPSA) is 55.1 Å². The fourth-order valence-electron chi connectivity index (χ4n) is 2.03. The molecule has 2 heterocycles. The van der Waals surface area contributed by atoms with E-state index in [0.717, 1.165) is 25.0 Å². The van der Waals surface area contributed by atoms with Crippen LogP contribution in [0.4, 0.5) is 0 Å². The zero-order valence-electron chi connectivity index (χ0n) is 8.23. The summed E-state index contributed by atoms with van der Waals surface area (Å²) in [6, 6.07) is 0. The molecule has 1 unspecified atom stereocenters. The van der Waals surface area contributed by atoms with Crippen LogP contribution in [-0.2, 0) is 24.2 Å². The molecule has 76 valence electrons. The van der Waals surface area contributed by atoms with Crippen molar-refractivity contribution in [3.63, 3.8) is 0 Å². The van der Waals surface area contributed by atoms with Gasteiger partial charge in [0.2, 0.25) is 0 Å². The molecule has 1 aromatic rings. The molecule has 4 nitrogen and oxygen atoms in total. The first-order chi connectivity index (χ1) is 6.72. The van der Waals surface area contributed by atoms with Crippen LogP contribution < -0.4 is 0 Å². The maximum atomic E-state index is 10.8. The fourth-order valence-corrected chi connectivity index (χ4v) is 2.03. The maximum absolute atomic E-state index is 10.8. The second kappa shape index (κ2) is 3.44. The molecule has 0 amide bonds. The average molecular weight is 194 g/mol. The molecule has 0 spiro atoms. The Morgan fingerprint density at radius 3 is 3.21 bits per heavy atom. The van der Waals surface area contributed by atoms with Crippen LogP contribution in [0.1, 0.15) is 24.7 Å². The number of fused-ring (bicyclic) bond motifs is 1. The van der Waals surface area contributed by atoms with Gasteiger partial charge in [0.05, 0.1) is 17.9 Å². The van der Waals surface area contributed by atoms with Gasteiger partial charge in [0.25, 0.3) is 0 Å². The Kier molecular flexibility index (Phi) is 2.27. The number of rotatable bonds is 2. The van der Waals surface area contributed by atoms with Crippen molar-refractivity contribution in [1.82, 2.24) is 9.55 Å². The van der Waals surface area contributed by atoms with Gasteiger partial charge in [-0.1, -0.05) is 6.92 Å². The molecule has 0 radical (unpaired) electrons. The smallest absolute Gasteiger partial charge is 0.308 e. The van der Waals surface area contributed by atoms with Crippen LogP contribution in [0.25, 0.3) is 0 Å². The molecule has 0 fully saturated rings. The number of imidazole rings is 1. The first-order valence-electron chi connectivity index (χ1n) is 4.98. The van der Waals surface area contributed by atoms with E-state index in [4.69, 9.17) is 5.11 Å². The van der Waals surface area contributed by atoms with Crippen molar-refractivity contribution in [3.05, 3.63) is 17.7 Å². The predicted molar refractivity (Wildman–Crippen MR) is 51.1 cm³/mol. The number of nitrogens with zero attached hydrogens (tertiary/aromatic N) is 2. The van der Waals surface area contributed by atoms with E-state index in [1.54, 1.807) is 6.33 Å². The van der Waals surface area contributed by atoms with E-state index in [1.165, 1.54) is 5.69 Å². The molecule has 0 aliphatic carbocycles. The highest BCUT2D eigenvalue weighted by atomic mass is 16.4. The van der Waals surface area contributed by atoms with Crippen LogP contribution in [0.3, 0.4) is 0 Å². The van der Waals surface area contributed by atoms with E-state index in [0.29, 0.717) is 6.54 Å². The molecule has 1 aliphatic rings. The normalized spacial score (nSPS) is 20.5. The summed E-state index contributed by atoms with van der Waals surface area (Å²) in [5.41, 5.74) is 2.35. The predicted octanol–water partition coefficient (Wildman–Crippen LogP) is 1.09. The number of hydrogen-bond donors (Lipinski definition) is 1. The number of aliphatic carboxylic acids is 1. The summed E-state index contributed by atoms with van der Waals surface area (Å²) in [7, 11) is 0. The molecule has 0 saturated heterocycles. The summed E-state index contributed by atoms with van der Waals surface area (Å²) in [5.74, 6) is -0.927. The molecule has 0 aromatic carbocycles. The summed E-state index contributed by atoms with van der Waals surface area (Å²) in [4.78, 5) is 15.1. The summed E-state index contributed by atoms with van der Waals surface area (Å²) in [6.45, 7) is 2.66. The minimum absolute atomic E-state index is 0.235. The first kappa shape index (κ1) is 9.24. The third-order valence-electron chi connectivity index (χ3n) is 2.86. The minimum Gasteiger partial charge on any atom is -0.481 e. The molecule has 0 saturated carbocycles. The maximum Gasteiger partial charge on any atom is 0.308 e. The Morgan fingerprint density at radius 1 is 1.79 bits per heavy atom. The monoisotopic (exact) mass is 194 g/mol. The molecule has 14 heavy (non-hydrogen) atoms. The third kappa shape index (κ3) is 1.41. The van der Waals surface area contributed by atoms with Crippen LogP contribution in [0, 0.1) is 5.92 Å². The molecule has 4 heteroatoms. The van der Waals surface area contributed by atoms with Gasteiger partial charge in [0.15, 0.2) is 0 Å². The van der Waals surface area contributed by atoms with Crippen molar-refractivity contribution in [3.8, 4) is 0 Å². The summed E-state index contributed by atoms with van der Waals surface area (Å²) < 4.78 is 1.99. The van der Waals surface area contributed by atoms with E-state index in [9.17, 15) is 4.79 Å². The zero-order valence-corrected chi connectivity index (χ0v) is 8.23. The Bertz CT molecular complexity index is 357. The lowest BCUT2D eigenvalue weighted by molar-refractivity contribution is -0.142. The van der Waals surface area contributed by atoms with Gasteiger partial charge < -0.3 is 9.67 Å². The van der Waals surface area contributed by atoms with Crippen molar-refractivity contribution in [2.45, 2.75) is 32.7 Å². The molecule has 1 aromatic heterocycles. The van der Waals surface area contributed by atoms with Gasteiger partial charge in [-0.3, -0.25) is 4.79 Å². The Hall–Kier alpha value is -1.32. The van der Waals surface area contributed by atoms with Gasteiger partial charge in [-0.05, 0) is 19.3 Å².